The van der Waals surface area contributed by atoms with Crippen molar-refractivity contribution in [3.05, 3.63) is 29.8 Å². The fourth-order valence-electron chi connectivity index (χ4n) is 1.94. The predicted octanol–water partition coefficient (Wildman–Crippen LogP) is 3.84. The van der Waals surface area contributed by atoms with Gasteiger partial charge in [-0.25, -0.2) is 8.78 Å². The second-order valence-electron chi connectivity index (χ2n) is 4.35. The number of hydrogen-bond donors (Lipinski definition) is 0. The molecule has 0 bridgehead atoms. The molecule has 3 heteroatoms. The van der Waals surface area contributed by atoms with E-state index in [4.69, 9.17) is 0 Å². The highest BCUT2D eigenvalue weighted by molar-refractivity contribution is 5.47. The Balaban J connectivity index is 2.72. The van der Waals surface area contributed by atoms with Crippen LogP contribution in [0.15, 0.2) is 18.2 Å². The van der Waals surface area contributed by atoms with Gasteiger partial charge in [0.1, 0.15) is 0 Å². The van der Waals surface area contributed by atoms with Gasteiger partial charge in [0.2, 0.25) is 0 Å². The largest absolute Gasteiger partial charge is 0.372 e. The van der Waals surface area contributed by atoms with Gasteiger partial charge in [0.15, 0.2) is 11.6 Å². The minimum absolute atomic E-state index is 0.336. The van der Waals surface area contributed by atoms with E-state index in [-0.39, 0.29) is 0 Å². The van der Waals surface area contributed by atoms with Gasteiger partial charge in [-0.15, -0.1) is 0 Å². The van der Waals surface area contributed by atoms with E-state index in [0.29, 0.717) is 11.6 Å². The molecule has 0 heterocycles. The average molecular weight is 227 g/mol. The van der Waals surface area contributed by atoms with E-state index in [1.54, 1.807) is 18.0 Å². The van der Waals surface area contributed by atoms with E-state index >= 15 is 0 Å². The van der Waals surface area contributed by atoms with Gasteiger partial charge in [-0.3, -0.25) is 0 Å². The van der Waals surface area contributed by atoms with Crippen LogP contribution in [0.1, 0.15) is 26.7 Å². The lowest BCUT2D eigenvalue weighted by Crippen LogP contribution is -2.25. The Kier molecular flexibility index (Phi) is 4.71. The monoisotopic (exact) mass is 227 g/mol. The van der Waals surface area contributed by atoms with Crippen LogP contribution in [0.5, 0.6) is 0 Å². The number of hydrogen-bond acceptors (Lipinski definition) is 1. The summed E-state index contributed by atoms with van der Waals surface area (Å²) in [4.78, 5) is 1.78. The van der Waals surface area contributed by atoms with E-state index in [9.17, 15) is 8.78 Å². The first-order valence-corrected chi connectivity index (χ1v) is 5.71. The molecule has 1 aromatic carbocycles. The molecule has 0 aromatic heterocycles. The third-order valence-electron chi connectivity index (χ3n) is 2.71. The summed E-state index contributed by atoms with van der Waals surface area (Å²) in [6, 6.07) is 4.29. The van der Waals surface area contributed by atoms with Crippen molar-refractivity contribution in [2.75, 3.05) is 18.5 Å². The van der Waals surface area contributed by atoms with Gasteiger partial charge in [0.25, 0.3) is 0 Å². The lowest BCUT2D eigenvalue weighted by atomic mass is 10.1. The highest BCUT2D eigenvalue weighted by atomic mass is 19.2. The van der Waals surface area contributed by atoms with E-state index in [2.05, 4.69) is 13.8 Å². The topological polar surface area (TPSA) is 3.24 Å². The summed E-state index contributed by atoms with van der Waals surface area (Å²) in [6.07, 6.45) is 2.21. The van der Waals surface area contributed by atoms with Crippen LogP contribution in [0.25, 0.3) is 0 Å². The van der Waals surface area contributed by atoms with E-state index in [1.165, 1.54) is 6.07 Å². The number of halogens is 2. The zero-order valence-corrected chi connectivity index (χ0v) is 10.1. The molecule has 1 atom stereocenters. The molecule has 0 fully saturated rings. The Hall–Kier alpha value is -1.12. The van der Waals surface area contributed by atoms with E-state index in [1.807, 2.05) is 0 Å². The first kappa shape index (κ1) is 12.9. The van der Waals surface area contributed by atoms with Crippen molar-refractivity contribution in [2.45, 2.75) is 26.7 Å². The number of benzene rings is 1. The molecule has 0 aliphatic rings. The molecular weight excluding hydrogens is 208 g/mol. The molecule has 1 aromatic rings. The molecule has 1 unspecified atom stereocenters. The summed E-state index contributed by atoms with van der Waals surface area (Å²) in [5, 5.41) is 0. The summed E-state index contributed by atoms with van der Waals surface area (Å²) in [6.45, 7) is 4.99. The Morgan fingerprint density at radius 2 is 2.00 bits per heavy atom. The molecule has 16 heavy (non-hydrogen) atoms. The Morgan fingerprint density at radius 1 is 1.31 bits per heavy atom. The Morgan fingerprint density at radius 3 is 2.62 bits per heavy atom. The summed E-state index contributed by atoms with van der Waals surface area (Å²) in [7, 11) is 1.80. The fraction of sp³-hybridized carbons (Fsp3) is 0.538. The third kappa shape index (κ3) is 3.19. The summed E-state index contributed by atoms with van der Waals surface area (Å²) >= 11 is 0. The highest BCUT2D eigenvalue weighted by Crippen LogP contribution is 2.21. The van der Waals surface area contributed by atoms with Gasteiger partial charge >= 0.3 is 0 Å². The quantitative estimate of drug-likeness (QED) is 0.738. The first-order valence-electron chi connectivity index (χ1n) is 5.71. The van der Waals surface area contributed by atoms with Crippen LogP contribution in [-0.2, 0) is 0 Å². The molecule has 0 saturated heterocycles. The highest BCUT2D eigenvalue weighted by Gasteiger charge is 2.13. The minimum Gasteiger partial charge on any atom is -0.372 e. The van der Waals surface area contributed by atoms with Crippen molar-refractivity contribution >= 4 is 5.69 Å². The SMILES string of the molecule is CCCC(C)CN(C)c1cccc(F)c1F. The van der Waals surface area contributed by atoms with Crippen molar-refractivity contribution in [2.24, 2.45) is 5.92 Å². The smallest absolute Gasteiger partial charge is 0.182 e. The summed E-state index contributed by atoms with van der Waals surface area (Å²) in [5.41, 5.74) is 0.336. The summed E-state index contributed by atoms with van der Waals surface area (Å²) in [5.74, 6) is -1.06. The maximum Gasteiger partial charge on any atom is 0.182 e. The van der Waals surface area contributed by atoms with Crippen LogP contribution in [-0.4, -0.2) is 13.6 Å². The molecule has 90 valence electrons. The van der Waals surface area contributed by atoms with Crippen LogP contribution in [0.2, 0.25) is 0 Å². The normalized spacial score (nSPS) is 12.6. The molecule has 0 saturated carbocycles. The minimum atomic E-state index is -0.785. The molecule has 1 rings (SSSR count). The van der Waals surface area contributed by atoms with E-state index < -0.39 is 11.6 Å². The molecule has 0 aliphatic heterocycles. The third-order valence-corrected chi connectivity index (χ3v) is 2.71. The molecule has 0 radical (unpaired) electrons. The van der Waals surface area contributed by atoms with E-state index in [0.717, 1.165) is 25.5 Å². The molecule has 1 nitrogen and oxygen atoms in total. The van der Waals surface area contributed by atoms with Gasteiger partial charge in [0, 0.05) is 13.6 Å². The maximum absolute atomic E-state index is 13.5. The van der Waals surface area contributed by atoms with Crippen LogP contribution in [0.4, 0.5) is 14.5 Å². The summed E-state index contributed by atoms with van der Waals surface area (Å²) < 4.78 is 26.5. The average Bonchev–Trinajstić information content (AvgIpc) is 2.22. The van der Waals surface area contributed by atoms with Crippen LogP contribution in [0.3, 0.4) is 0 Å². The second kappa shape index (κ2) is 5.83. The second-order valence-corrected chi connectivity index (χ2v) is 4.35. The standard InChI is InChI=1S/C13H19F2N/c1-4-6-10(2)9-16(3)12-8-5-7-11(14)13(12)15/h5,7-8,10H,4,6,9H2,1-3H3. The van der Waals surface area contributed by atoms with Crippen molar-refractivity contribution < 1.29 is 8.78 Å². The van der Waals surface area contributed by atoms with Crippen LogP contribution >= 0.6 is 0 Å². The molecule has 0 aliphatic carbocycles. The molecule has 0 spiro atoms. The van der Waals surface area contributed by atoms with Crippen LogP contribution in [0, 0.1) is 17.6 Å². The predicted molar refractivity (Wildman–Crippen MR) is 63.7 cm³/mol. The van der Waals surface area contributed by atoms with Crippen LogP contribution < -0.4 is 4.90 Å². The molecular formula is C13H19F2N. The number of anilines is 1. The van der Waals surface area contributed by atoms with Crippen molar-refractivity contribution in [3.63, 3.8) is 0 Å². The fourth-order valence-corrected chi connectivity index (χ4v) is 1.94. The lowest BCUT2D eigenvalue weighted by molar-refractivity contribution is 0.494. The van der Waals surface area contributed by atoms with Crippen molar-refractivity contribution in [3.8, 4) is 0 Å². The zero-order valence-electron chi connectivity index (χ0n) is 10.1. The number of nitrogens with zero attached hydrogens (tertiary/aromatic N) is 1. The number of rotatable bonds is 5. The molecule has 0 N–H and O–H groups in total. The maximum atomic E-state index is 13.5. The van der Waals surface area contributed by atoms with Crippen molar-refractivity contribution in [1.29, 1.82) is 0 Å². The molecule has 0 amide bonds. The Labute approximate surface area is 96.1 Å². The van der Waals surface area contributed by atoms with Gasteiger partial charge in [-0.2, -0.15) is 0 Å². The lowest BCUT2D eigenvalue weighted by Gasteiger charge is -2.23. The van der Waals surface area contributed by atoms with Gasteiger partial charge in [0.05, 0.1) is 5.69 Å². The van der Waals surface area contributed by atoms with Gasteiger partial charge in [-0.1, -0.05) is 26.3 Å². The van der Waals surface area contributed by atoms with Gasteiger partial charge in [-0.05, 0) is 24.5 Å². The Bertz CT molecular complexity index is 339. The first-order chi connectivity index (χ1) is 7.56. The van der Waals surface area contributed by atoms with Crippen molar-refractivity contribution in [1.82, 2.24) is 0 Å². The zero-order chi connectivity index (χ0) is 12.1. The van der Waals surface area contributed by atoms with Gasteiger partial charge < -0.3 is 4.90 Å².